The molecule has 1 aliphatic heterocycles. The molecule has 9 heteroatoms. The van der Waals surface area contributed by atoms with Crippen LogP contribution >= 0.6 is 23.2 Å². The average molecular weight is 474 g/mol. The lowest BCUT2D eigenvalue weighted by atomic mass is 10.2. The maximum absolute atomic E-state index is 12.4. The number of hydrogen-bond acceptors (Lipinski definition) is 5. The second-order valence-electron chi connectivity index (χ2n) is 7.21. The summed E-state index contributed by atoms with van der Waals surface area (Å²) in [6.07, 6.45) is 3.01. The van der Waals surface area contributed by atoms with Crippen molar-refractivity contribution < 1.29 is 9.53 Å². The number of hydrogen-bond donors (Lipinski definition) is 2. The number of benzene rings is 2. The van der Waals surface area contributed by atoms with Gasteiger partial charge in [-0.1, -0.05) is 41.9 Å². The number of halogens is 2. The van der Waals surface area contributed by atoms with Gasteiger partial charge in [-0.25, -0.2) is 4.79 Å². The molecule has 32 heavy (non-hydrogen) atoms. The predicted molar refractivity (Wildman–Crippen MR) is 129 cm³/mol. The molecule has 1 aliphatic rings. The first kappa shape index (κ1) is 23.7. The molecule has 0 saturated carbocycles. The van der Waals surface area contributed by atoms with Gasteiger partial charge in [0, 0.05) is 43.4 Å². The molecule has 2 amide bonds. The van der Waals surface area contributed by atoms with Crippen LogP contribution in [0.4, 0.5) is 4.79 Å². The number of urea groups is 1. The molecule has 168 valence electrons. The fourth-order valence-corrected chi connectivity index (χ4v) is 3.37. The number of carbonyl (C=O) groups is 1. The van der Waals surface area contributed by atoms with Crippen molar-refractivity contribution in [2.75, 3.05) is 26.2 Å². The Morgan fingerprint density at radius 1 is 1.12 bits per heavy atom. The second kappa shape index (κ2) is 11.6. The lowest BCUT2D eigenvalue weighted by Gasteiger charge is -2.34. The smallest absolute Gasteiger partial charge is 0.321 e. The Balaban J connectivity index is 1.47. The minimum absolute atomic E-state index is 0.122. The van der Waals surface area contributed by atoms with Crippen LogP contribution in [-0.4, -0.2) is 47.2 Å². The van der Waals surface area contributed by atoms with E-state index in [1.807, 2.05) is 30.3 Å². The van der Waals surface area contributed by atoms with E-state index in [-0.39, 0.29) is 11.2 Å². The monoisotopic (exact) mass is 473 g/mol. The Hall–Kier alpha value is -3.00. The average Bonchev–Trinajstić information content (AvgIpc) is 2.79. The van der Waals surface area contributed by atoms with E-state index in [4.69, 9.17) is 33.8 Å². The van der Waals surface area contributed by atoms with Crippen molar-refractivity contribution in [3.8, 4) is 11.5 Å². The molecule has 0 bridgehead atoms. The molecule has 0 spiro atoms. The van der Waals surface area contributed by atoms with Gasteiger partial charge in [0.25, 0.3) is 0 Å². The van der Waals surface area contributed by atoms with Crippen molar-refractivity contribution in [2.24, 2.45) is 10.9 Å². The lowest BCUT2D eigenvalue weighted by molar-refractivity contribution is 0.137. The van der Waals surface area contributed by atoms with Crippen molar-refractivity contribution in [1.82, 2.24) is 15.1 Å². The number of hydrazone groups is 1. The van der Waals surface area contributed by atoms with Crippen molar-refractivity contribution >= 4 is 34.4 Å². The summed E-state index contributed by atoms with van der Waals surface area (Å²) >= 11 is 11.6. The molecule has 1 fully saturated rings. The molecule has 0 radical (unpaired) electrons. The van der Waals surface area contributed by atoms with Crippen molar-refractivity contribution in [3.63, 3.8) is 0 Å². The van der Waals surface area contributed by atoms with Gasteiger partial charge in [0.1, 0.15) is 16.7 Å². The highest BCUT2D eigenvalue weighted by molar-refractivity contribution is 6.68. The number of ether oxygens (including phenoxy) is 1. The van der Waals surface area contributed by atoms with E-state index >= 15 is 0 Å². The summed E-state index contributed by atoms with van der Waals surface area (Å²) in [6.45, 7) is 7.33. The summed E-state index contributed by atoms with van der Waals surface area (Å²) in [6, 6.07) is 15.1. The zero-order valence-electron chi connectivity index (χ0n) is 17.5. The number of piperazine rings is 1. The summed E-state index contributed by atoms with van der Waals surface area (Å²) in [5.74, 6) is 6.56. The molecule has 1 saturated heterocycles. The van der Waals surface area contributed by atoms with Crippen LogP contribution in [0.5, 0.6) is 11.5 Å². The lowest BCUT2D eigenvalue weighted by Crippen LogP contribution is -2.51. The van der Waals surface area contributed by atoms with Gasteiger partial charge in [0.2, 0.25) is 0 Å². The van der Waals surface area contributed by atoms with E-state index in [0.29, 0.717) is 23.8 Å². The Kier molecular flexibility index (Phi) is 8.56. The van der Waals surface area contributed by atoms with Gasteiger partial charge in [0.15, 0.2) is 0 Å². The summed E-state index contributed by atoms with van der Waals surface area (Å²) < 4.78 is 5.92. The molecule has 2 aromatic carbocycles. The van der Waals surface area contributed by atoms with Crippen LogP contribution in [-0.2, 0) is 6.54 Å². The summed E-state index contributed by atoms with van der Waals surface area (Å²) in [5, 5.41) is 6.84. The minimum Gasteiger partial charge on any atom is -0.457 e. The van der Waals surface area contributed by atoms with Crippen LogP contribution in [0.2, 0.25) is 5.02 Å². The zero-order chi connectivity index (χ0) is 22.9. The highest BCUT2D eigenvalue weighted by atomic mass is 35.5. The molecule has 0 aliphatic carbocycles. The van der Waals surface area contributed by atoms with Crippen molar-refractivity contribution in [1.29, 1.82) is 0 Å². The molecular formula is C23H25Cl2N5O2. The number of amides is 2. The summed E-state index contributed by atoms with van der Waals surface area (Å²) in [4.78, 5) is 16.5. The molecule has 7 nitrogen and oxygen atoms in total. The number of carbonyl (C=O) groups excluding carboxylic acids is 1. The molecule has 1 heterocycles. The van der Waals surface area contributed by atoms with Crippen molar-refractivity contribution in [3.05, 3.63) is 83.5 Å². The second-order valence-corrected chi connectivity index (χ2v) is 8.03. The van der Waals surface area contributed by atoms with E-state index in [0.717, 1.165) is 36.7 Å². The van der Waals surface area contributed by atoms with Gasteiger partial charge in [-0.15, -0.1) is 0 Å². The standard InChI is InChI=1S/C23H25Cl2N5O2/c1-17(5-10-22(25)28-26)27-23(31)30-13-11-29(12-14-30)16-18-3-2-4-21(15-18)32-20-8-6-19(24)7-9-20/h2-10,15H,1,11-14,16,26H2,(H,27,31)/b10-5-,28-22+. The summed E-state index contributed by atoms with van der Waals surface area (Å²) in [5.41, 5.74) is 1.56. The number of nitrogens with two attached hydrogens (primary N) is 1. The third kappa shape index (κ3) is 7.30. The van der Waals surface area contributed by atoms with E-state index < -0.39 is 0 Å². The molecular weight excluding hydrogens is 449 g/mol. The third-order valence-electron chi connectivity index (χ3n) is 4.83. The van der Waals surface area contributed by atoms with Gasteiger partial charge < -0.3 is 20.8 Å². The number of allylic oxidation sites excluding steroid dienone is 2. The van der Waals surface area contributed by atoms with Crippen LogP contribution in [0.3, 0.4) is 0 Å². The van der Waals surface area contributed by atoms with E-state index in [2.05, 4.69) is 28.0 Å². The Labute approximate surface area is 197 Å². The Morgan fingerprint density at radius 2 is 1.84 bits per heavy atom. The molecule has 0 unspecified atom stereocenters. The number of nitrogens with zero attached hydrogens (tertiary/aromatic N) is 3. The first-order valence-electron chi connectivity index (χ1n) is 10.0. The van der Waals surface area contributed by atoms with Crippen LogP contribution in [0.1, 0.15) is 5.56 Å². The van der Waals surface area contributed by atoms with Crippen LogP contribution in [0, 0.1) is 0 Å². The van der Waals surface area contributed by atoms with Crippen LogP contribution in [0.25, 0.3) is 0 Å². The van der Waals surface area contributed by atoms with Gasteiger partial charge in [-0.3, -0.25) is 4.90 Å². The highest BCUT2D eigenvalue weighted by Crippen LogP contribution is 2.24. The first-order chi connectivity index (χ1) is 15.4. The fraction of sp³-hybridized carbons (Fsp3) is 0.217. The van der Waals surface area contributed by atoms with Gasteiger partial charge >= 0.3 is 6.03 Å². The topological polar surface area (TPSA) is 83.2 Å². The molecule has 3 N–H and O–H groups in total. The number of rotatable bonds is 7. The zero-order valence-corrected chi connectivity index (χ0v) is 19.0. The van der Waals surface area contributed by atoms with Crippen LogP contribution in [0.15, 0.2) is 78.1 Å². The molecule has 2 aromatic rings. The molecule has 0 aromatic heterocycles. The maximum Gasteiger partial charge on any atom is 0.321 e. The number of nitrogens with one attached hydrogen (secondary N) is 1. The summed E-state index contributed by atoms with van der Waals surface area (Å²) in [7, 11) is 0. The Bertz CT molecular complexity index is 1000. The van der Waals surface area contributed by atoms with E-state index in [1.165, 1.54) is 6.08 Å². The molecule has 3 rings (SSSR count). The largest absolute Gasteiger partial charge is 0.457 e. The maximum atomic E-state index is 12.4. The Morgan fingerprint density at radius 3 is 2.53 bits per heavy atom. The quantitative estimate of drug-likeness (QED) is 0.267. The van der Waals surface area contributed by atoms with Gasteiger partial charge in [-0.05, 0) is 54.1 Å². The van der Waals surface area contributed by atoms with Gasteiger partial charge in [0.05, 0.1) is 0 Å². The predicted octanol–water partition coefficient (Wildman–Crippen LogP) is 4.54. The normalized spacial score (nSPS) is 15.1. The third-order valence-corrected chi connectivity index (χ3v) is 5.30. The SMILES string of the molecule is C=C(/C=C\C(Cl)=N/N)NC(=O)N1CCN(Cc2cccc(Oc3ccc(Cl)cc3)c2)CC1. The van der Waals surface area contributed by atoms with E-state index in [1.54, 1.807) is 23.1 Å². The van der Waals surface area contributed by atoms with Crippen LogP contribution < -0.4 is 15.9 Å². The van der Waals surface area contributed by atoms with Crippen molar-refractivity contribution in [2.45, 2.75) is 6.54 Å². The highest BCUT2D eigenvalue weighted by Gasteiger charge is 2.21. The fourth-order valence-electron chi connectivity index (χ4n) is 3.18. The first-order valence-corrected chi connectivity index (χ1v) is 10.8. The van der Waals surface area contributed by atoms with E-state index in [9.17, 15) is 4.79 Å². The van der Waals surface area contributed by atoms with Gasteiger partial charge in [-0.2, -0.15) is 5.10 Å². The molecule has 0 atom stereocenters. The minimum atomic E-state index is -0.196.